The van der Waals surface area contributed by atoms with Gasteiger partial charge < -0.3 is 10.5 Å². The number of ether oxygens (including phenoxy) is 1. The van der Waals surface area contributed by atoms with Crippen LogP contribution in [-0.4, -0.2) is 37.7 Å². The number of likely N-dealkylation sites (N-methyl/N-ethyl adjacent to an activating group) is 1. The van der Waals surface area contributed by atoms with Gasteiger partial charge in [-0.3, -0.25) is 4.90 Å². The molecule has 4 heteroatoms. The SMILES string of the molecule is CN(CC(N)(C#N)c1ccccc1)C1CCOC1. The maximum Gasteiger partial charge on any atom is 0.142 e. The highest BCUT2D eigenvalue weighted by Gasteiger charge is 2.32. The van der Waals surface area contributed by atoms with Gasteiger partial charge in [0.1, 0.15) is 5.54 Å². The van der Waals surface area contributed by atoms with Crippen molar-refractivity contribution < 1.29 is 4.74 Å². The second-order valence-corrected chi connectivity index (χ2v) is 4.88. The van der Waals surface area contributed by atoms with Crippen molar-refractivity contribution in [1.82, 2.24) is 4.90 Å². The molecule has 2 N–H and O–H groups in total. The maximum atomic E-state index is 9.40. The van der Waals surface area contributed by atoms with E-state index in [0.717, 1.165) is 25.2 Å². The zero-order valence-electron chi connectivity index (χ0n) is 10.7. The molecule has 18 heavy (non-hydrogen) atoms. The van der Waals surface area contributed by atoms with E-state index in [2.05, 4.69) is 11.0 Å². The van der Waals surface area contributed by atoms with Crippen LogP contribution < -0.4 is 5.73 Å². The molecular weight excluding hydrogens is 226 g/mol. The van der Waals surface area contributed by atoms with Crippen LogP contribution in [0.3, 0.4) is 0 Å². The van der Waals surface area contributed by atoms with Crippen LogP contribution >= 0.6 is 0 Å². The highest BCUT2D eigenvalue weighted by molar-refractivity contribution is 5.31. The zero-order chi connectivity index (χ0) is 13.0. The molecule has 1 heterocycles. The van der Waals surface area contributed by atoms with Gasteiger partial charge in [-0.2, -0.15) is 5.26 Å². The predicted molar refractivity (Wildman–Crippen MR) is 69.8 cm³/mol. The molecule has 0 radical (unpaired) electrons. The van der Waals surface area contributed by atoms with Crippen molar-refractivity contribution in [3.63, 3.8) is 0 Å². The number of benzene rings is 1. The maximum absolute atomic E-state index is 9.40. The highest BCUT2D eigenvalue weighted by atomic mass is 16.5. The van der Waals surface area contributed by atoms with Gasteiger partial charge in [0.05, 0.1) is 12.7 Å². The van der Waals surface area contributed by atoms with Crippen molar-refractivity contribution in [2.45, 2.75) is 18.0 Å². The van der Waals surface area contributed by atoms with E-state index in [9.17, 15) is 5.26 Å². The zero-order valence-corrected chi connectivity index (χ0v) is 10.7. The monoisotopic (exact) mass is 245 g/mol. The fourth-order valence-electron chi connectivity index (χ4n) is 2.32. The smallest absolute Gasteiger partial charge is 0.142 e. The van der Waals surface area contributed by atoms with Gasteiger partial charge in [0.2, 0.25) is 0 Å². The van der Waals surface area contributed by atoms with Crippen LogP contribution in [0.4, 0.5) is 0 Å². The first-order chi connectivity index (χ1) is 8.65. The molecule has 2 atom stereocenters. The highest BCUT2D eigenvalue weighted by Crippen LogP contribution is 2.21. The Morgan fingerprint density at radius 3 is 2.78 bits per heavy atom. The third-order valence-corrected chi connectivity index (χ3v) is 3.52. The van der Waals surface area contributed by atoms with Crippen molar-refractivity contribution in [2.24, 2.45) is 5.73 Å². The molecule has 0 aliphatic carbocycles. The van der Waals surface area contributed by atoms with Crippen LogP contribution in [-0.2, 0) is 10.3 Å². The topological polar surface area (TPSA) is 62.3 Å². The minimum atomic E-state index is -0.960. The predicted octanol–water partition coefficient (Wildman–Crippen LogP) is 1.08. The molecule has 2 rings (SSSR count). The Morgan fingerprint density at radius 1 is 1.50 bits per heavy atom. The molecule has 0 spiro atoms. The van der Waals surface area contributed by atoms with Gasteiger partial charge in [0.15, 0.2) is 0 Å². The van der Waals surface area contributed by atoms with Gasteiger partial charge in [0.25, 0.3) is 0 Å². The molecule has 0 amide bonds. The summed E-state index contributed by atoms with van der Waals surface area (Å²) in [6.45, 7) is 2.04. The summed E-state index contributed by atoms with van der Waals surface area (Å²) in [4.78, 5) is 2.13. The molecule has 0 bridgehead atoms. The van der Waals surface area contributed by atoms with E-state index in [0.29, 0.717) is 12.6 Å². The minimum absolute atomic E-state index is 0.366. The van der Waals surface area contributed by atoms with E-state index >= 15 is 0 Å². The van der Waals surface area contributed by atoms with Crippen molar-refractivity contribution in [2.75, 3.05) is 26.8 Å². The molecule has 1 saturated heterocycles. The first-order valence-electron chi connectivity index (χ1n) is 6.19. The summed E-state index contributed by atoms with van der Waals surface area (Å²) < 4.78 is 5.37. The quantitative estimate of drug-likeness (QED) is 0.862. The van der Waals surface area contributed by atoms with E-state index in [1.54, 1.807) is 0 Å². The summed E-state index contributed by atoms with van der Waals surface area (Å²) >= 11 is 0. The second-order valence-electron chi connectivity index (χ2n) is 4.88. The molecule has 1 aliphatic heterocycles. The normalized spacial score (nSPS) is 22.7. The summed E-state index contributed by atoms with van der Waals surface area (Å²) in [5.74, 6) is 0. The van der Waals surface area contributed by atoms with Crippen LogP contribution in [0.2, 0.25) is 0 Å². The van der Waals surface area contributed by atoms with Crippen molar-refractivity contribution >= 4 is 0 Å². The second kappa shape index (κ2) is 5.49. The van der Waals surface area contributed by atoms with E-state index in [1.807, 2.05) is 37.4 Å². The fraction of sp³-hybridized carbons (Fsp3) is 0.500. The molecule has 2 unspecified atom stereocenters. The third-order valence-electron chi connectivity index (χ3n) is 3.52. The van der Waals surface area contributed by atoms with Crippen molar-refractivity contribution in [3.05, 3.63) is 35.9 Å². The van der Waals surface area contributed by atoms with Crippen LogP contribution in [0, 0.1) is 11.3 Å². The lowest BCUT2D eigenvalue weighted by atomic mass is 9.91. The van der Waals surface area contributed by atoms with Crippen molar-refractivity contribution in [1.29, 1.82) is 5.26 Å². The average Bonchev–Trinajstić information content (AvgIpc) is 2.93. The number of nitrogens with zero attached hydrogens (tertiary/aromatic N) is 2. The Hall–Kier alpha value is -1.41. The van der Waals surface area contributed by atoms with Crippen LogP contribution in [0.25, 0.3) is 0 Å². The molecule has 1 aromatic rings. The molecule has 0 saturated carbocycles. The van der Waals surface area contributed by atoms with E-state index in [-0.39, 0.29) is 0 Å². The standard InChI is InChI=1S/C14H19N3O/c1-17(13-7-8-18-9-13)11-14(16,10-15)12-5-3-2-4-6-12/h2-6,13H,7-9,11,16H2,1H3. The number of rotatable bonds is 4. The van der Waals surface area contributed by atoms with Gasteiger partial charge in [0, 0.05) is 19.2 Å². The molecule has 4 nitrogen and oxygen atoms in total. The van der Waals surface area contributed by atoms with Crippen LogP contribution in [0.15, 0.2) is 30.3 Å². The molecular formula is C14H19N3O. The van der Waals surface area contributed by atoms with E-state index in [1.165, 1.54) is 0 Å². The number of nitriles is 1. The molecule has 0 aromatic heterocycles. The molecule has 1 aromatic carbocycles. The summed E-state index contributed by atoms with van der Waals surface area (Å²) in [5.41, 5.74) is 6.14. The first kappa shape index (κ1) is 13.0. The molecule has 1 fully saturated rings. The van der Waals surface area contributed by atoms with Crippen LogP contribution in [0.1, 0.15) is 12.0 Å². The van der Waals surface area contributed by atoms with Gasteiger partial charge in [-0.15, -0.1) is 0 Å². The molecule has 1 aliphatic rings. The van der Waals surface area contributed by atoms with Gasteiger partial charge in [-0.1, -0.05) is 30.3 Å². The Bertz CT molecular complexity index is 422. The van der Waals surface area contributed by atoms with Crippen molar-refractivity contribution in [3.8, 4) is 6.07 Å². The lowest BCUT2D eigenvalue weighted by Gasteiger charge is -2.31. The molecule has 96 valence electrons. The Balaban J connectivity index is 2.11. The lowest BCUT2D eigenvalue weighted by molar-refractivity contribution is 0.150. The summed E-state index contributed by atoms with van der Waals surface area (Å²) in [6.07, 6.45) is 1.01. The summed E-state index contributed by atoms with van der Waals surface area (Å²) in [6, 6.07) is 12.2. The Kier molecular flexibility index (Phi) is 3.97. The number of nitrogens with two attached hydrogens (primary N) is 1. The minimum Gasteiger partial charge on any atom is -0.380 e. The Labute approximate surface area is 108 Å². The number of hydrogen-bond donors (Lipinski definition) is 1. The Morgan fingerprint density at radius 2 is 2.22 bits per heavy atom. The van der Waals surface area contributed by atoms with E-state index in [4.69, 9.17) is 10.5 Å². The first-order valence-corrected chi connectivity index (χ1v) is 6.19. The lowest BCUT2D eigenvalue weighted by Crippen LogP contribution is -2.48. The van der Waals surface area contributed by atoms with Gasteiger partial charge in [-0.05, 0) is 19.0 Å². The average molecular weight is 245 g/mol. The number of hydrogen-bond acceptors (Lipinski definition) is 4. The van der Waals surface area contributed by atoms with Gasteiger partial charge >= 0.3 is 0 Å². The van der Waals surface area contributed by atoms with Gasteiger partial charge in [-0.25, -0.2) is 0 Å². The third kappa shape index (κ3) is 2.70. The summed E-state index contributed by atoms with van der Waals surface area (Å²) in [7, 11) is 2.00. The largest absolute Gasteiger partial charge is 0.380 e. The van der Waals surface area contributed by atoms with E-state index < -0.39 is 5.54 Å². The fourth-order valence-corrected chi connectivity index (χ4v) is 2.32. The van der Waals surface area contributed by atoms with Crippen LogP contribution in [0.5, 0.6) is 0 Å². The summed E-state index contributed by atoms with van der Waals surface area (Å²) in [5, 5.41) is 9.40.